The Morgan fingerprint density at radius 2 is 2.07 bits per heavy atom. The zero-order chi connectivity index (χ0) is 19.9. The van der Waals surface area contributed by atoms with Crippen LogP contribution in [0.1, 0.15) is 55.8 Å². The van der Waals surface area contributed by atoms with Crippen molar-refractivity contribution in [3.8, 4) is 17.2 Å². The van der Waals surface area contributed by atoms with Gasteiger partial charge >= 0.3 is 0 Å². The summed E-state index contributed by atoms with van der Waals surface area (Å²) in [6.45, 7) is 6.70. The topological polar surface area (TPSA) is 56.8 Å². The van der Waals surface area contributed by atoms with Gasteiger partial charge in [0.25, 0.3) is 0 Å². The Hall–Kier alpha value is -2.69. The van der Waals surface area contributed by atoms with Gasteiger partial charge in [0, 0.05) is 17.5 Å². The van der Waals surface area contributed by atoms with Crippen LogP contribution in [0.15, 0.2) is 36.4 Å². The first kappa shape index (κ1) is 18.7. The van der Waals surface area contributed by atoms with Gasteiger partial charge in [0.1, 0.15) is 11.4 Å². The highest BCUT2D eigenvalue weighted by Crippen LogP contribution is 2.43. The average Bonchev–Trinajstić information content (AvgIpc) is 3.00. The van der Waals surface area contributed by atoms with Crippen LogP contribution in [-0.2, 0) is 11.2 Å². The van der Waals surface area contributed by atoms with E-state index in [2.05, 4.69) is 25.2 Å². The smallest absolute Gasteiger partial charge is 0.228 e. The van der Waals surface area contributed by atoms with E-state index in [-0.39, 0.29) is 23.5 Å². The second-order valence-electron chi connectivity index (χ2n) is 8.21. The van der Waals surface area contributed by atoms with Gasteiger partial charge in [-0.15, -0.1) is 0 Å². The summed E-state index contributed by atoms with van der Waals surface area (Å²) in [4.78, 5) is 13.0. The molecule has 0 aromatic heterocycles. The standard InChI is InChI=1S/C23H27NO4/c1-14(15-11-16-13-23(2,3)28-21(16)20(12-15)26-4)24-22(25)18-9-10-27-19-8-6-5-7-17(18)19/h5-8,11-12,14,18H,9-10,13H2,1-4H3,(H,24,25). The third kappa shape index (κ3) is 3.41. The molecule has 2 unspecified atom stereocenters. The molecule has 1 N–H and O–H groups in total. The number of methoxy groups -OCH3 is 1. The Bertz CT molecular complexity index is 905. The van der Waals surface area contributed by atoms with Crippen LogP contribution < -0.4 is 19.5 Å². The van der Waals surface area contributed by atoms with Crippen molar-refractivity contribution < 1.29 is 19.0 Å². The third-order valence-corrected chi connectivity index (χ3v) is 5.50. The van der Waals surface area contributed by atoms with Gasteiger partial charge < -0.3 is 19.5 Å². The van der Waals surface area contributed by atoms with E-state index in [9.17, 15) is 4.79 Å². The molecule has 0 radical (unpaired) electrons. The van der Waals surface area contributed by atoms with Crippen molar-refractivity contribution in [2.45, 2.75) is 51.2 Å². The van der Waals surface area contributed by atoms with E-state index in [0.29, 0.717) is 13.0 Å². The SMILES string of the molecule is COc1cc(C(C)NC(=O)C2CCOc3ccccc32)cc2c1OC(C)(C)C2. The molecule has 0 spiro atoms. The number of benzene rings is 2. The molecule has 2 aliphatic rings. The summed E-state index contributed by atoms with van der Waals surface area (Å²) in [5, 5.41) is 3.18. The van der Waals surface area contributed by atoms with Gasteiger partial charge in [0.15, 0.2) is 11.5 Å². The van der Waals surface area contributed by atoms with Crippen LogP contribution >= 0.6 is 0 Å². The maximum Gasteiger partial charge on any atom is 0.228 e. The van der Waals surface area contributed by atoms with Crippen LogP contribution in [0.4, 0.5) is 0 Å². The summed E-state index contributed by atoms with van der Waals surface area (Å²) in [6.07, 6.45) is 1.51. The number of ether oxygens (including phenoxy) is 3. The molecule has 0 bridgehead atoms. The average molecular weight is 381 g/mol. The third-order valence-electron chi connectivity index (χ3n) is 5.50. The highest BCUT2D eigenvalue weighted by Gasteiger charge is 2.34. The zero-order valence-corrected chi connectivity index (χ0v) is 16.9. The van der Waals surface area contributed by atoms with Gasteiger partial charge in [-0.1, -0.05) is 18.2 Å². The van der Waals surface area contributed by atoms with Crippen LogP contribution in [0.3, 0.4) is 0 Å². The summed E-state index contributed by atoms with van der Waals surface area (Å²) in [6, 6.07) is 11.7. The zero-order valence-electron chi connectivity index (χ0n) is 16.9. The lowest BCUT2D eigenvalue weighted by Crippen LogP contribution is -2.34. The van der Waals surface area contributed by atoms with Crippen molar-refractivity contribution in [2.75, 3.05) is 13.7 Å². The second-order valence-corrected chi connectivity index (χ2v) is 8.21. The van der Waals surface area contributed by atoms with Crippen LogP contribution in [0.2, 0.25) is 0 Å². The van der Waals surface area contributed by atoms with Gasteiger partial charge in [0.05, 0.1) is 25.7 Å². The summed E-state index contributed by atoms with van der Waals surface area (Å²) < 4.78 is 17.3. The highest BCUT2D eigenvalue weighted by atomic mass is 16.5. The Labute approximate surface area is 166 Å². The lowest BCUT2D eigenvalue weighted by molar-refractivity contribution is -0.123. The monoisotopic (exact) mass is 381 g/mol. The quantitative estimate of drug-likeness (QED) is 0.864. The summed E-state index contributed by atoms with van der Waals surface area (Å²) in [7, 11) is 1.65. The van der Waals surface area contributed by atoms with Crippen LogP contribution in [0, 0.1) is 0 Å². The molecule has 0 fully saturated rings. The van der Waals surface area contributed by atoms with E-state index < -0.39 is 0 Å². The largest absolute Gasteiger partial charge is 0.493 e. The molecule has 2 aliphatic heterocycles. The maximum absolute atomic E-state index is 13.0. The molecule has 5 nitrogen and oxygen atoms in total. The predicted octanol–water partition coefficient (Wildman–Crippen LogP) is 4.15. The van der Waals surface area contributed by atoms with E-state index >= 15 is 0 Å². The van der Waals surface area contributed by atoms with Crippen molar-refractivity contribution >= 4 is 5.91 Å². The molecule has 0 aliphatic carbocycles. The first-order chi connectivity index (χ1) is 13.4. The van der Waals surface area contributed by atoms with Crippen molar-refractivity contribution in [2.24, 2.45) is 0 Å². The van der Waals surface area contributed by atoms with Gasteiger partial charge in [-0.05, 0) is 51.0 Å². The molecule has 2 heterocycles. The van der Waals surface area contributed by atoms with E-state index in [4.69, 9.17) is 14.2 Å². The highest BCUT2D eigenvalue weighted by molar-refractivity contribution is 5.85. The second kappa shape index (κ2) is 7.04. The van der Waals surface area contributed by atoms with E-state index in [1.807, 2.05) is 37.3 Å². The van der Waals surface area contributed by atoms with Crippen molar-refractivity contribution in [1.29, 1.82) is 0 Å². The number of fused-ring (bicyclic) bond motifs is 2. The number of carbonyl (C=O) groups excluding carboxylic acids is 1. The first-order valence-corrected chi connectivity index (χ1v) is 9.80. The molecule has 4 rings (SSSR count). The maximum atomic E-state index is 13.0. The number of amides is 1. The lowest BCUT2D eigenvalue weighted by Gasteiger charge is -2.26. The Morgan fingerprint density at radius 3 is 2.86 bits per heavy atom. The number of carbonyl (C=O) groups is 1. The van der Waals surface area contributed by atoms with Gasteiger partial charge in [-0.25, -0.2) is 0 Å². The number of para-hydroxylation sites is 1. The molecule has 5 heteroatoms. The minimum atomic E-state index is -0.244. The number of rotatable bonds is 4. The van der Waals surface area contributed by atoms with Crippen LogP contribution in [0.5, 0.6) is 17.2 Å². The van der Waals surface area contributed by atoms with Gasteiger partial charge in [-0.2, -0.15) is 0 Å². The van der Waals surface area contributed by atoms with Crippen LogP contribution in [-0.4, -0.2) is 25.2 Å². The minimum Gasteiger partial charge on any atom is -0.493 e. The van der Waals surface area contributed by atoms with E-state index in [1.165, 1.54) is 0 Å². The molecule has 0 saturated heterocycles. The predicted molar refractivity (Wildman–Crippen MR) is 107 cm³/mol. The molecule has 2 aromatic rings. The van der Waals surface area contributed by atoms with E-state index in [1.54, 1.807) is 7.11 Å². The first-order valence-electron chi connectivity index (χ1n) is 9.80. The molecule has 0 saturated carbocycles. The molecule has 28 heavy (non-hydrogen) atoms. The molecular weight excluding hydrogens is 354 g/mol. The summed E-state index contributed by atoms with van der Waals surface area (Å²) in [5.41, 5.74) is 2.86. The Morgan fingerprint density at radius 1 is 1.29 bits per heavy atom. The Balaban J connectivity index is 1.55. The lowest BCUT2D eigenvalue weighted by atomic mass is 9.91. The molecule has 148 valence electrons. The minimum absolute atomic E-state index is 0.0271. The number of hydrogen-bond donors (Lipinski definition) is 1. The molecule has 2 atom stereocenters. The van der Waals surface area contributed by atoms with Gasteiger partial charge in [-0.3, -0.25) is 4.79 Å². The normalized spacial score (nSPS) is 20.2. The summed E-state index contributed by atoms with van der Waals surface area (Å²) >= 11 is 0. The Kier molecular flexibility index (Phi) is 4.69. The van der Waals surface area contributed by atoms with Gasteiger partial charge in [0.2, 0.25) is 5.91 Å². The molecule has 1 amide bonds. The molecular formula is C23H27NO4. The fraction of sp³-hybridized carbons (Fsp3) is 0.435. The number of nitrogens with one attached hydrogen (secondary N) is 1. The fourth-order valence-electron chi connectivity index (χ4n) is 4.12. The van der Waals surface area contributed by atoms with Crippen LogP contribution in [0.25, 0.3) is 0 Å². The van der Waals surface area contributed by atoms with Crippen molar-refractivity contribution in [3.05, 3.63) is 53.1 Å². The van der Waals surface area contributed by atoms with Crippen molar-refractivity contribution in [3.63, 3.8) is 0 Å². The summed E-state index contributed by atoms with van der Waals surface area (Å²) in [5.74, 6) is 2.18. The van der Waals surface area contributed by atoms with Crippen molar-refractivity contribution in [1.82, 2.24) is 5.32 Å². The van der Waals surface area contributed by atoms with E-state index in [0.717, 1.165) is 40.4 Å². The number of hydrogen-bond acceptors (Lipinski definition) is 4. The molecule has 2 aromatic carbocycles. The fourth-order valence-corrected chi connectivity index (χ4v) is 4.12.